The molecule has 0 saturated heterocycles. The van der Waals surface area contributed by atoms with Crippen LogP contribution in [-0.2, 0) is 9.59 Å². The molecule has 0 aromatic heterocycles. The number of hydrogen-bond donors (Lipinski definition) is 1. The fourth-order valence-electron chi connectivity index (χ4n) is 4.10. The Kier molecular flexibility index (Phi) is 6.65. The summed E-state index contributed by atoms with van der Waals surface area (Å²) in [7, 11) is 0. The maximum Gasteiger partial charge on any atom is 0.262 e. The highest BCUT2D eigenvalue weighted by molar-refractivity contribution is 8.15. The van der Waals surface area contributed by atoms with Crippen LogP contribution in [0.1, 0.15) is 35.6 Å². The van der Waals surface area contributed by atoms with Crippen molar-refractivity contribution in [1.82, 2.24) is 5.01 Å². The fraction of sp³-hybridized carbons (Fsp3) is 0.185. The molecule has 182 valence electrons. The second-order valence-electron chi connectivity index (χ2n) is 8.61. The zero-order chi connectivity index (χ0) is 25.2. The average Bonchev–Trinajstić information content (AvgIpc) is 3.46. The number of amidine groups is 1. The Morgan fingerprint density at radius 1 is 1.06 bits per heavy atom. The minimum absolute atomic E-state index is 0.117. The Hall–Kier alpha value is -3.85. The van der Waals surface area contributed by atoms with Gasteiger partial charge in [0.1, 0.15) is 5.25 Å². The summed E-state index contributed by atoms with van der Waals surface area (Å²) in [6.07, 6.45) is 0.482. The van der Waals surface area contributed by atoms with Crippen LogP contribution >= 0.6 is 11.8 Å². The van der Waals surface area contributed by atoms with Crippen LogP contribution in [0.3, 0.4) is 0 Å². The van der Waals surface area contributed by atoms with Crippen molar-refractivity contribution in [2.24, 2.45) is 10.1 Å². The second-order valence-corrected chi connectivity index (χ2v) is 9.78. The van der Waals surface area contributed by atoms with Crippen LogP contribution in [0.5, 0.6) is 0 Å². The maximum absolute atomic E-state index is 13.5. The zero-order valence-electron chi connectivity index (χ0n) is 19.3. The summed E-state index contributed by atoms with van der Waals surface area (Å²) in [6.45, 7) is 2.02. The quantitative estimate of drug-likeness (QED) is 0.501. The van der Waals surface area contributed by atoms with Gasteiger partial charge in [-0.1, -0.05) is 71.9 Å². The Bertz CT molecular complexity index is 1380. The number of hydrogen-bond acceptors (Lipinski definition) is 5. The number of thioether (sulfide) groups is 1. The lowest BCUT2D eigenvalue weighted by Gasteiger charge is -2.23. The van der Waals surface area contributed by atoms with Crippen molar-refractivity contribution in [3.8, 4) is 0 Å². The van der Waals surface area contributed by atoms with Gasteiger partial charge in [-0.2, -0.15) is 10.1 Å². The first-order chi connectivity index (χ1) is 17.4. The Morgan fingerprint density at radius 2 is 1.81 bits per heavy atom. The topological polar surface area (TPSA) is 74.1 Å². The predicted octanol–water partition coefficient (Wildman–Crippen LogP) is 5.45. The molecule has 0 bridgehead atoms. The predicted molar refractivity (Wildman–Crippen MR) is 137 cm³/mol. The number of carbonyl (C=O) groups is 2. The van der Waals surface area contributed by atoms with Gasteiger partial charge in [-0.3, -0.25) is 9.59 Å². The van der Waals surface area contributed by atoms with Crippen molar-refractivity contribution in [3.63, 3.8) is 0 Å². The Morgan fingerprint density at radius 3 is 2.53 bits per heavy atom. The number of nitrogens with zero attached hydrogens (tertiary/aromatic N) is 3. The molecule has 0 radical (unpaired) electrons. The van der Waals surface area contributed by atoms with Crippen molar-refractivity contribution < 1.29 is 18.4 Å². The third kappa shape index (κ3) is 5.06. The molecular weight excluding hydrogens is 482 g/mol. The fourth-order valence-corrected chi connectivity index (χ4v) is 5.16. The van der Waals surface area contributed by atoms with Crippen molar-refractivity contribution >= 4 is 40.1 Å². The van der Waals surface area contributed by atoms with Gasteiger partial charge in [0, 0.05) is 24.6 Å². The van der Waals surface area contributed by atoms with Crippen LogP contribution in [0, 0.1) is 18.6 Å². The molecule has 0 unspecified atom stereocenters. The minimum Gasteiger partial charge on any atom is -0.326 e. The highest BCUT2D eigenvalue weighted by Gasteiger charge is 2.39. The molecule has 2 amide bonds. The number of benzene rings is 3. The van der Waals surface area contributed by atoms with Gasteiger partial charge in [0.2, 0.25) is 5.91 Å². The van der Waals surface area contributed by atoms with Crippen LogP contribution in [0.15, 0.2) is 82.9 Å². The molecule has 6 nitrogen and oxygen atoms in total. The standard InChI is InChI=1S/C27H22F2N4O2S/c1-16-7-9-18(10-8-16)23-14-22(17-5-3-2-4-6-17)32-33(23)27-31-26(35)24(36-27)15-25(34)30-19-11-12-20(28)21(29)13-19/h2-13,23-24H,14-15H2,1H3,(H,30,34)/t23-,24+/m0/s1. The first-order valence-corrected chi connectivity index (χ1v) is 12.3. The van der Waals surface area contributed by atoms with E-state index >= 15 is 0 Å². The molecule has 1 N–H and O–H groups in total. The maximum atomic E-state index is 13.5. The van der Waals surface area contributed by atoms with Gasteiger partial charge in [-0.05, 0) is 30.2 Å². The Balaban J connectivity index is 1.33. The molecular formula is C27H22F2N4O2S. The van der Waals surface area contributed by atoms with Crippen molar-refractivity contribution in [3.05, 3.63) is 101 Å². The zero-order valence-corrected chi connectivity index (χ0v) is 20.1. The third-order valence-electron chi connectivity index (χ3n) is 5.98. The Labute approximate surface area is 211 Å². The summed E-state index contributed by atoms with van der Waals surface area (Å²) in [5.41, 5.74) is 4.19. The lowest BCUT2D eigenvalue weighted by Crippen LogP contribution is -2.25. The number of halogens is 2. The number of aryl methyl sites for hydroxylation is 1. The molecule has 2 heterocycles. The van der Waals surface area contributed by atoms with Crippen molar-refractivity contribution in [1.29, 1.82) is 0 Å². The SMILES string of the molecule is Cc1ccc([C@@H]2CC(c3ccccc3)=NN2C2=NC(=O)[C@@H](CC(=O)Nc3ccc(F)c(F)c3)S2)cc1. The average molecular weight is 505 g/mol. The van der Waals surface area contributed by atoms with Gasteiger partial charge in [0.05, 0.1) is 11.8 Å². The van der Waals surface area contributed by atoms with E-state index in [1.807, 2.05) is 61.5 Å². The first-order valence-electron chi connectivity index (χ1n) is 11.4. The van der Waals surface area contributed by atoms with Crippen LogP contribution in [0.4, 0.5) is 14.5 Å². The number of anilines is 1. The van der Waals surface area contributed by atoms with Gasteiger partial charge in [-0.15, -0.1) is 0 Å². The van der Waals surface area contributed by atoms with E-state index in [1.165, 1.54) is 17.8 Å². The number of aliphatic imine (C=N–C) groups is 1. The summed E-state index contributed by atoms with van der Waals surface area (Å²) < 4.78 is 26.6. The van der Waals surface area contributed by atoms with E-state index in [2.05, 4.69) is 10.3 Å². The van der Waals surface area contributed by atoms with E-state index in [9.17, 15) is 18.4 Å². The molecule has 0 saturated carbocycles. The summed E-state index contributed by atoms with van der Waals surface area (Å²) in [6, 6.07) is 21.0. The van der Waals surface area contributed by atoms with Crippen molar-refractivity contribution in [2.75, 3.05) is 5.32 Å². The van der Waals surface area contributed by atoms with Gasteiger partial charge in [0.25, 0.3) is 5.91 Å². The molecule has 2 aliphatic heterocycles. The normalized spacial score (nSPS) is 19.3. The van der Waals surface area contributed by atoms with Crippen LogP contribution in [0.2, 0.25) is 0 Å². The molecule has 36 heavy (non-hydrogen) atoms. The smallest absolute Gasteiger partial charge is 0.262 e. The van der Waals surface area contributed by atoms with Gasteiger partial charge in [-0.25, -0.2) is 13.8 Å². The number of nitrogens with one attached hydrogen (secondary N) is 1. The molecule has 0 fully saturated rings. The van der Waals surface area contributed by atoms with E-state index in [0.717, 1.165) is 34.5 Å². The summed E-state index contributed by atoms with van der Waals surface area (Å²) in [4.78, 5) is 29.4. The summed E-state index contributed by atoms with van der Waals surface area (Å²) in [5.74, 6) is -2.99. The van der Waals surface area contributed by atoms with E-state index in [4.69, 9.17) is 5.10 Å². The minimum atomic E-state index is -1.06. The van der Waals surface area contributed by atoms with Crippen LogP contribution in [0.25, 0.3) is 0 Å². The molecule has 2 atom stereocenters. The van der Waals surface area contributed by atoms with Gasteiger partial charge in [0.15, 0.2) is 16.8 Å². The molecule has 5 rings (SSSR count). The molecule has 0 aliphatic carbocycles. The second kappa shape index (κ2) is 10.0. The number of rotatable bonds is 5. The lowest BCUT2D eigenvalue weighted by atomic mass is 9.98. The monoisotopic (exact) mass is 504 g/mol. The van der Waals surface area contributed by atoms with Crippen LogP contribution < -0.4 is 5.32 Å². The lowest BCUT2D eigenvalue weighted by molar-refractivity contribution is -0.121. The van der Waals surface area contributed by atoms with E-state index < -0.39 is 28.7 Å². The largest absolute Gasteiger partial charge is 0.326 e. The number of amides is 2. The molecule has 9 heteroatoms. The third-order valence-corrected chi connectivity index (χ3v) is 7.12. The van der Waals surface area contributed by atoms with Gasteiger partial charge >= 0.3 is 0 Å². The molecule has 0 spiro atoms. The van der Waals surface area contributed by atoms with Gasteiger partial charge < -0.3 is 5.32 Å². The number of carbonyl (C=O) groups excluding carboxylic acids is 2. The molecule has 2 aliphatic rings. The highest BCUT2D eigenvalue weighted by atomic mass is 32.2. The number of hydrazone groups is 1. The summed E-state index contributed by atoms with van der Waals surface area (Å²) >= 11 is 1.18. The highest BCUT2D eigenvalue weighted by Crippen LogP contribution is 2.38. The molecule has 3 aromatic rings. The van der Waals surface area contributed by atoms with Crippen molar-refractivity contribution in [2.45, 2.75) is 31.1 Å². The van der Waals surface area contributed by atoms with E-state index in [1.54, 1.807) is 5.01 Å². The van der Waals surface area contributed by atoms with Crippen LogP contribution in [-0.4, -0.2) is 33.0 Å². The molecule has 3 aromatic carbocycles. The van der Waals surface area contributed by atoms with E-state index in [-0.39, 0.29) is 18.2 Å². The van der Waals surface area contributed by atoms with E-state index in [0.29, 0.717) is 11.6 Å². The first kappa shape index (κ1) is 23.9. The summed E-state index contributed by atoms with van der Waals surface area (Å²) in [5, 5.41) is 8.79.